The van der Waals surface area contributed by atoms with Crippen molar-refractivity contribution in [3.63, 3.8) is 0 Å². The number of carbonyl (C=O) groups is 1. The molecular weight excluding hydrogens is 360 g/mol. The van der Waals surface area contributed by atoms with Gasteiger partial charge in [-0.3, -0.25) is 0 Å². The molecule has 0 saturated heterocycles. The van der Waals surface area contributed by atoms with Gasteiger partial charge in [0, 0.05) is 6.08 Å². The van der Waals surface area contributed by atoms with Gasteiger partial charge in [0.25, 0.3) is 0 Å². The van der Waals surface area contributed by atoms with Crippen molar-refractivity contribution in [1.82, 2.24) is 0 Å². The van der Waals surface area contributed by atoms with Gasteiger partial charge in [-0.05, 0) is 49.3 Å². The van der Waals surface area contributed by atoms with Crippen molar-refractivity contribution in [1.29, 1.82) is 0 Å². The van der Waals surface area contributed by atoms with Crippen LogP contribution in [-0.2, 0) is 9.53 Å². The second-order valence-corrected chi connectivity index (χ2v) is 5.92. The van der Waals surface area contributed by atoms with Gasteiger partial charge in [-0.15, -0.1) is 0 Å². The predicted molar refractivity (Wildman–Crippen MR) is 107 cm³/mol. The Morgan fingerprint density at radius 2 is 1.61 bits per heavy atom. The first-order valence-corrected chi connectivity index (χ1v) is 8.84. The lowest BCUT2D eigenvalue weighted by Gasteiger charge is -2.16. The van der Waals surface area contributed by atoms with Gasteiger partial charge in [0.15, 0.2) is 24.1 Å². The Balaban J connectivity index is 1.94. The van der Waals surface area contributed by atoms with E-state index >= 15 is 0 Å². The minimum atomic E-state index is -1.06. The summed E-state index contributed by atoms with van der Waals surface area (Å²) in [6.07, 6.45) is 4.40. The highest BCUT2D eigenvalue weighted by Gasteiger charge is 2.10. The number of aliphatic hydroxyl groups is 2. The SMILES string of the molecule is CC(O)Oc1ccc(/C=C/C(=O)OC/C=C/c2ccccc2)cc1OC(C)O. The minimum absolute atomic E-state index is 0.162. The molecule has 2 atom stereocenters. The van der Waals surface area contributed by atoms with Crippen LogP contribution in [0.25, 0.3) is 12.2 Å². The minimum Gasteiger partial charge on any atom is -0.462 e. The number of benzene rings is 2. The molecule has 0 bridgehead atoms. The zero-order valence-electron chi connectivity index (χ0n) is 15.8. The number of ether oxygens (including phenoxy) is 3. The van der Waals surface area contributed by atoms with E-state index in [4.69, 9.17) is 14.2 Å². The van der Waals surface area contributed by atoms with E-state index in [1.54, 1.807) is 30.4 Å². The van der Waals surface area contributed by atoms with Crippen LogP contribution in [0.15, 0.2) is 60.7 Å². The number of hydrogen-bond donors (Lipinski definition) is 2. The smallest absolute Gasteiger partial charge is 0.331 e. The maximum atomic E-state index is 11.8. The molecular formula is C22H24O6. The predicted octanol–water partition coefficient (Wildman–Crippen LogP) is 3.39. The summed E-state index contributed by atoms with van der Waals surface area (Å²) in [6, 6.07) is 14.6. The normalized spacial score (nSPS) is 13.4. The van der Waals surface area contributed by atoms with Crippen molar-refractivity contribution in [2.75, 3.05) is 6.61 Å². The Morgan fingerprint density at radius 3 is 2.29 bits per heavy atom. The van der Waals surface area contributed by atoms with E-state index in [9.17, 15) is 15.0 Å². The zero-order valence-corrected chi connectivity index (χ0v) is 15.8. The lowest BCUT2D eigenvalue weighted by Crippen LogP contribution is -2.14. The molecule has 2 aromatic rings. The first kappa shape index (κ1) is 21.2. The molecule has 0 aliphatic heterocycles. The number of carbonyl (C=O) groups excluding carboxylic acids is 1. The molecule has 0 spiro atoms. The Kier molecular flexibility index (Phi) is 8.27. The Hall–Kier alpha value is -3.09. The van der Waals surface area contributed by atoms with Crippen molar-refractivity contribution in [2.24, 2.45) is 0 Å². The molecule has 0 aromatic heterocycles. The maximum absolute atomic E-state index is 11.8. The molecule has 0 saturated carbocycles. The van der Waals surface area contributed by atoms with E-state index in [2.05, 4.69) is 0 Å². The van der Waals surface area contributed by atoms with Crippen molar-refractivity contribution in [2.45, 2.75) is 26.4 Å². The Labute approximate surface area is 164 Å². The lowest BCUT2D eigenvalue weighted by atomic mass is 10.2. The average molecular weight is 384 g/mol. The summed E-state index contributed by atoms with van der Waals surface area (Å²) in [5.41, 5.74) is 1.67. The van der Waals surface area contributed by atoms with E-state index in [0.29, 0.717) is 5.56 Å². The molecule has 2 rings (SSSR count). The van der Waals surface area contributed by atoms with Crippen LogP contribution in [0.5, 0.6) is 11.5 Å². The van der Waals surface area contributed by atoms with Gasteiger partial charge in [0.1, 0.15) is 6.61 Å². The van der Waals surface area contributed by atoms with Crippen LogP contribution in [0.4, 0.5) is 0 Å². The third-order valence-corrected chi connectivity index (χ3v) is 3.41. The fraction of sp³-hybridized carbons (Fsp3) is 0.227. The van der Waals surface area contributed by atoms with Gasteiger partial charge in [0.05, 0.1) is 0 Å². The van der Waals surface area contributed by atoms with E-state index < -0.39 is 18.5 Å². The van der Waals surface area contributed by atoms with Crippen molar-refractivity contribution in [3.8, 4) is 11.5 Å². The van der Waals surface area contributed by atoms with Crippen LogP contribution in [0.3, 0.4) is 0 Å². The Bertz CT molecular complexity index is 809. The van der Waals surface area contributed by atoms with Gasteiger partial charge < -0.3 is 24.4 Å². The van der Waals surface area contributed by atoms with Crippen LogP contribution in [0, 0.1) is 0 Å². The quantitative estimate of drug-likeness (QED) is 0.392. The van der Waals surface area contributed by atoms with Crippen LogP contribution in [-0.4, -0.2) is 35.4 Å². The fourth-order valence-corrected chi connectivity index (χ4v) is 2.28. The van der Waals surface area contributed by atoms with Crippen molar-refractivity contribution < 1.29 is 29.2 Å². The molecule has 2 N–H and O–H groups in total. The molecule has 6 nitrogen and oxygen atoms in total. The van der Waals surface area contributed by atoms with E-state index in [1.807, 2.05) is 36.4 Å². The zero-order chi connectivity index (χ0) is 20.4. The molecule has 0 aliphatic carbocycles. The number of esters is 1. The van der Waals surface area contributed by atoms with E-state index in [1.165, 1.54) is 19.9 Å². The topological polar surface area (TPSA) is 85.2 Å². The molecule has 0 radical (unpaired) electrons. The summed E-state index contributed by atoms with van der Waals surface area (Å²) in [6.45, 7) is 3.08. The summed E-state index contributed by atoms with van der Waals surface area (Å²) >= 11 is 0. The summed E-state index contributed by atoms with van der Waals surface area (Å²) < 4.78 is 15.6. The monoisotopic (exact) mass is 384 g/mol. The molecule has 0 fully saturated rings. The highest BCUT2D eigenvalue weighted by atomic mass is 16.6. The number of aliphatic hydroxyl groups excluding tert-OH is 2. The first-order valence-electron chi connectivity index (χ1n) is 8.84. The molecule has 2 unspecified atom stereocenters. The fourth-order valence-electron chi connectivity index (χ4n) is 2.28. The standard InChI is InChI=1S/C22H24O6/c1-16(23)27-20-12-10-19(15-21(20)28-17(2)24)11-13-22(25)26-14-6-9-18-7-4-3-5-8-18/h3-13,15-17,23-24H,14H2,1-2H3/b9-6+,13-11+. The first-order chi connectivity index (χ1) is 13.4. The average Bonchev–Trinajstić information content (AvgIpc) is 2.65. The van der Waals surface area contributed by atoms with Crippen LogP contribution in [0.1, 0.15) is 25.0 Å². The molecule has 28 heavy (non-hydrogen) atoms. The molecule has 2 aromatic carbocycles. The van der Waals surface area contributed by atoms with Crippen molar-refractivity contribution in [3.05, 3.63) is 71.8 Å². The molecule has 0 amide bonds. The molecule has 148 valence electrons. The van der Waals surface area contributed by atoms with E-state index in [-0.39, 0.29) is 18.1 Å². The summed E-state index contributed by atoms with van der Waals surface area (Å²) in [4.78, 5) is 11.8. The van der Waals surface area contributed by atoms with Crippen molar-refractivity contribution >= 4 is 18.1 Å². The Morgan fingerprint density at radius 1 is 0.929 bits per heavy atom. The third-order valence-electron chi connectivity index (χ3n) is 3.41. The summed E-state index contributed by atoms with van der Waals surface area (Å²) in [5, 5.41) is 18.8. The number of rotatable bonds is 9. The number of hydrogen-bond acceptors (Lipinski definition) is 6. The lowest BCUT2D eigenvalue weighted by molar-refractivity contribution is -0.136. The van der Waals surface area contributed by atoms with E-state index in [0.717, 1.165) is 5.56 Å². The second kappa shape index (κ2) is 10.9. The van der Waals surface area contributed by atoms with Gasteiger partial charge in [-0.1, -0.05) is 42.5 Å². The van der Waals surface area contributed by atoms with Gasteiger partial charge in [-0.2, -0.15) is 0 Å². The highest BCUT2D eigenvalue weighted by molar-refractivity contribution is 5.87. The third kappa shape index (κ3) is 7.65. The van der Waals surface area contributed by atoms with Crippen LogP contribution in [0.2, 0.25) is 0 Å². The highest BCUT2D eigenvalue weighted by Crippen LogP contribution is 2.30. The van der Waals surface area contributed by atoms with Crippen LogP contribution >= 0.6 is 0 Å². The van der Waals surface area contributed by atoms with Gasteiger partial charge >= 0.3 is 5.97 Å². The maximum Gasteiger partial charge on any atom is 0.331 e. The molecule has 6 heteroatoms. The largest absolute Gasteiger partial charge is 0.462 e. The van der Waals surface area contributed by atoms with Crippen LogP contribution < -0.4 is 9.47 Å². The van der Waals surface area contributed by atoms with Gasteiger partial charge in [0.2, 0.25) is 0 Å². The van der Waals surface area contributed by atoms with Gasteiger partial charge in [-0.25, -0.2) is 4.79 Å². The molecule has 0 heterocycles. The summed E-state index contributed by atoms with van der Waals surface area (Å²) in [5.74, 6) is 0.0406. The molecule has 0 aliphatic rings. The summed E-state index contributed by atoms with van der Waals surface area (Å²) in [7, 11) is 0. The second-order valence-electron chi connectivity index (χ2n) is 5.92.